The molecular formula is C24H21N3O4S. The average Bonchev–Trinajstić information content (AvgIpc) is 3.47. The summed E-state index contributed by atoms with van der Waals surface area (Å²) in [6, 6.07) is 17.9. The minimum absolute atomic E-state index is 0.149. The predicted molar refractivity (Wildman–Crippen MR) is 124 cm³/mol. The molecule has 0 fully saturated rings. The Hall–Kier alpha value is -3.91. The number of thiazole rings is 1. The molecule has 162 valence electrons. The Labute approximate surface area is 189 Å². The molecule has 4 aromatic rings. The lowest BCUT2D eigenvalue weighted by Gasteiger charge is -2.08. The van der Waals surface area contributed by atoms with Crippen molar-refractivity contribution in [2.24, 2.45) is 0 Å². The van der Waals surface area contributed by atoms with Crippen molar-refractivity contribution in [2.45, 2.75) is 13.3 Å². The number of nitrogens with zero attached hydrogens (tertiary/aromatic N) is 1. The zero-order valence-corrected chi connectivity index (χ0v) is 18.1. The van der Waals surface area contributed by atoms with Crippen LogP contribution in [0.3, 0.4) is 0 Å². The van der Waals surface area contributed by atoms with Crippen molar-refractivity contribution >= 4 is 34.5 Å². The average molecular weight is 448 g/mol. The van der Waals surface area contributed by atoms with E-state index in [1.807, 2.05) is 36.6 Å². The molecule has 0 saturated carbocycles. The largest absolute Gasteiger partial charge is 0.494 e. The number of amides is 2. The molecule has 7 nitrogen and oxygen atoms in total. The maximum Gasteiger partial charge on any atom is 0.291 e. The van der Waals surface area contributed by atoms with E-state index in [9.17, 15) is 9.59 Å². The topological polar surface area (TPSA) is 93.5 Å². The van der Waals surface area contributed by atoms with E-state index < -0.39 is 0 Å². The third kappa shape index (κ3) is 5.41. The van der Waals surface area contributed by atoms with Crippen LogP contribution in [-0.2, 0) is 11.2 Å². The Bertz CT molecular complexity index is 1200. The van der Waals surface area contributed by atoms with Gasteiger partial charge in [-0.2, -0.15) is 0 Å². The van der Waals surface area contributed by atoms with Gasteiger partial charge in [-0.3, -0.25) is 9.59 Å². The second-order valence-electron chi connectivity index (χ2n) is 6.84. The molecule has 2 aromatic heterocycles. The van der Waals surface area contributed by atoms with Gasteiger partial charge in [0.15, 0.2) is 5.76 Å². The Morgan fingerprint density at radius 2 is 1.81 bits per heavy atom. The molecule has 4 rings (SSSR count). The van der Waals surface area contributed by atoms with E-state index in [4.69, 9.17) is 9.15 Å². The van der Waals surface area contributed by atoms with E-state index >= 15 is 0 Å². The van der Waals surface area contributed by atoms with E-state index in [1.165, 1.54) is 17.6 Å². The lowest BCUT2D eigenvalue weighted by atomic mass is 10.2. The molecule has 0 radical (unpaired) electrons. The Morgan fingerprint density at radius 3 is 2.53 bits per heavy atom. The highest BCUT2D eigenvalue weighted by molar-refractivity contribution is 7.13. The number of hydrogen-bond acceptors (Lipinski definition) is 6. The molecule has 0 spiro atoms. The van der Waals surface area contributed by atoms with Gasteiger partial charge in [0.2, 0.25) is 5.91 Å². The summed E-state index contributed by atoms with van der Waals surface area (Å²) < 4.78 is 10.5. The molecular weight excluding hydrogens is 426 g/mol. The fourth-order valence-corrected chi connectivity index (χ4v) is 3.85. The van der Waals surface area contributed by atoms with Crippen LogP contribution in [0.5, 0.6) is 5.75 Å². The number of anilines is 2. The highest BCUT2D eigenvalue weighted by Crippen LogP contribution is 2.26. The van der Waals surface area contributed by atoms with E-state index in [0.717, 1.165) is 16.3 Å². The van der Waals surface area contributed by atoms with Gasteiger partial charge < -0.3 is 19.8 Å². The van der Waals surface area contributed by atoms with Crippen LogP contribution in [0.25, 0.3) is 10.6 Å². The van der Waals surface area contributed by atoms with Gasteiger partial charge >= 0.3 is 0 Å². The number of aromatic nitrogens is 1. The molecule has 0 aliphatic rings. The molecule has 0 aliphatic heterocycles. The van der Waals surface area contributed by atoms with Crippen LogP contribution in [0.1, 0.15) is 23.2 Å². The quantitative estimate of drug-likeness (QED) is 0.385. The first-order chi connectivity index (χ1) is 15.6. The second-order valence-corrected chi connectivity index (χ2v) is 7.70. The van der Waals surface area contributed by atoms with Crippen LogP contribution in [0.2, 0.25) is 0 Å². The van der Waals surface area contributed by atoms with Gasteiger partial charge in [0.05, 0.1) is 25.0 Å². The van der Waals surface area contributed by atoms with Crippen LogP contribution in [-0.4, -0.2) is 23.4 Å². The van der Waals surface area contributed by atoms with Crippen molar-refractivity contribution in [3.05, 3.63) is 83.8 Å². The van der Waals surface area contributed by atoms with Crippen LogP contribution in [0.15, 0.2) is 76.7 Å². The van der Waals surface area contributed by atoms with E-state index in [-0.39, 0.29) is 24.0 Å². The number of nitrogens with one attached hydrogen (secondary N) is 2. The van der Waals surface area contributed by atoms with Crippen molar-refractivity contribution in [3.63, 3.8) is 0 Å². The summed E-state index contributed by atoms with van der Waals surface area (Å²) in [4.78, 5) is 29.2. The van der Waals surface area contributed by atoms with Crippen LogP contribution in [0.4, 0.5) is 11.4 Å². The van der Waals surface area contributed by atoms with Crippen molar-refractivity contribution in [2.75, 3.05) is 17.2 Å². The van der Waals surface area contributed by atoms with E-state index in [1.54, 1.807) is 36.4 Å². The molecule has 0 atom stereocenters. The molecule has 0 aliphatic carbocycles. The summed E-state index contributed by atoms with van der Waals surface area (Å²) in [6.45, 7) is 2.56. The summed E-state index contributed by atoms with van der Waals surface area (Å²) in [6.07, 6.45) is 1.59. The first-order valence-electron chi connectivity index (χ1n) is 10.0. The highest BCUT2D eigenvalue weighted by atomic mass is 32.1. The Balaban J connectivity index is 1.35. The third-order valence-electron chi connectivity index (χ3n) is 4.45. The van der Waals surface area contributed by atoms with E-state index in [0.29, 0.717) is 23.7 Å². The molecule has 2 N–H and O–H groups in total. The number of benzene rings is 2. The molecule has 2 aromatic carbocycles. The van der Waals surface area contributed by atoms with Gasteiger partial charge in [-0.15, -0.1) is 11.3 Å². The van der Waals surface area contributed by atoms with E-state index in [2.05, 4.69) is 15.6 Å². The molecule has 2 amide bonds. The summed E-state index contributed by atoms with van der Waals surface area (Å²) >= 11 is 1.49. The lowest BCUT2D eigenvalue weighted by Crippen LogP contribution is -2.15. The monoisotopic (exact) mass is 447 g/mol. The third-order valence-corrected chi connectivity index (χ3v) is 5.40. The fourth-order valence-electron chi connectivity index (χ4n) is 3.03. The van der Waals surface area contributed by atoms with Gasteiger partial charge in [0, 0.05) is 22.3 Å². The van der Waals surface area contributed by atoms with Crippen LogP contribution >= 0.6 is 11.3 Å². The molecule has 8 heteroatoms. The van der Waals surface area contributed by atoms with Crippen molar-refractivity contribution < 1.29 is 18.7 Å². The summed E-state index contributed by atoms with van der Waals surface area (Å²) in [7, 11) is 0. The Kier molecular flexibility index (Phi) is 6.62. The molecule has 0 bridgehead atoms. The maximum absolute atomic E-state index is 12.5. The van der Waals surface area contributed by atoms with Crippen molar-refractivity contribution in [1.29, 1.82) is 0 Å². The smallest absolute Gasteiger partial charge is 0.291 e. The minimum Gasteiger partial charge on any atom is -0.494 e. The van der Waals surface area contributed by atoms with Crippen LogP contribution < -0.4 is 15.4 Å². The van der Waals surface area contributed by atoms with Gasteiger partial charge in [-0.1, -0.05) is 6.07 Å². The predicted octanol–water partition coefficient (Wildman–Crippen LogP) is 5.24. The minimum atomic E-state index is -0.359. The number of ether oxygens (including phenoxy) is 1. The number of carbonyl (C=O) groups is 2. The first kappa shape index (κ1) is 21.3. The summed E-state index contributed by atoms with van der Waals surface area (Å²) in [5.74, 6) is 0.479. The fraction of sp³-hybridized carbons (Fsp3) is 0.125. The van der Waals surface area contributed by atoms with Gasteiger partial charge in [0.1, 0.15) is 10.8 Å². The zero-order valence-electron chi connectivity index (χ0n) is 17.3. The maximum atomic E-state index is 12.5. The molecule has 0 unspecified atom stereocenters. The molecule has 32 heavy (non-hydrogen) atoms. The summed E-state index contributed by atoms with van der Waals surface area (Å²) in [5.41, 5.74) is 2.80. The lowest BCUT2D eigenvalue weighted by molar-refractivity contribution is -0.115. The number of carbonyl (C=O) groups excluding carboxylic acids is 2. The van der Waals surface area contributed by atoms with Crippen LogP contribution in [0, 0.1) is 0 Å². The normalized spacial score (nSPS) is 10.5. The van der Waals surface area contributed by atoms with Gasteiger partial charge in [0.25, 0.3) is 5.91 Å². The molecule has 0 saturated heterocycles. The highest BCUT2D eigenvalue weighted by Gasteiger charge is 2.12. The Morgan fingerprint density at radius 1 is 1.03 bits per heavy atom. The number of hydrogen-bond donors (Lipinski definition) is 2. The zero-order chi connectivity index (χ0) is 22.3. The first-order valence-corrected chi connectivity index (χ1v) is 10.9. The van der Waals surface area contributed by atoms with Crippen molar-refractivity contribution in [1.82, 2.24) is 4.98 Å². The standard InChI is InChI=1S/C24H21N3O4S/c1-2-30-20-10-8-16(9-11-20)24-27-19(15-32-24)14-22(28)25-17-5-3-6-18(13-17)26-23(29)21-7-4-12-31-21/h3-13,15H,2,14H2,1H3,(H,25,28)(H,26,29). The van der Waals surface area contributed by atoms with Crippen molar-refractivity contribution in [3.8, 4) is 16.3 Å². The summed E-state index contributed by atoms with van der Waals surface area (Å²) in [5, 5.41) is 8.31. The van der Waals surface area contributed by atoms with Gasteiger partial charge in [-0.05, 0) is 61.5 Å². The molecule has 2 heterocycles. The number of furan rings is 1. The number of rotatable bonds is 8. The second kappa shape index (κ2) is 9.93. The SMILES string of the molecule is CCOc1ccc(-c2nc(CC(=O)Nc3cccc(NC(=O)c4ccco4)c3)cs2)cc1. The van der Waals surface area contributed by atoms with Gasteiger partial charge in [-0.25, -0.2) is 4.98 Å².